The molecule has 29 heavy (non-hydrogen) atoms. The van der Waals surface area contributed by atoms with E-state index in [-0.39, 0.29) is 11.7 Å². The second kappa shape index (κ2) is 7.73. The fourth-order valence-corrected chi connectivity index (χ4v) is 3.84. The van der Waals surface area contributed by atoms with Crippen molar-refractivity contribution in [2.75, 3.05) is 12.4 Å². The van der Waals surface area contributed by atoms with Gasteiger partial charge in [-0.1, -0.05) is 12.1 Å². The number of esters is 1. The molecule has 0 radical (unpaired) electrons. The van der Waals surface area contributed by atoms with Crippen LogP contribution in [0.15, 0.2) is 66.7 Å². The summed E-state index contributed by atoms with van der Waals surface area (Å²) in [5, 5.41) is 13.8. The lowest BCUT2D eigenvalue weighted by atomic mass is 10.1. The number of fused-ring (bicyclic) bond motifs is 1. The zero-order valence-corrected chi connectivity index (χ0v) is 16.2. The van der Waals surface area contributed by atoms with Gasteiger partial charge in [0.25, 0.3) is 5.91 Å². The van der Waals surface area contributed by atoms with Gasteiger partial charge >= 0.3 is 5.97 Å². The molecule has 0 aliphatic carbocycles. The summed E-state index contributed by atoms with van der Waals surface area (Å²) in [6, 6.07) is 18.7. The summed E-state index contributed by atoms with van der Waals surface area (Å²) in [6.45, 7) is 0. The van der Waals surface area contributed by atoms with Crippen LogP contribution in [0.1, 0.15) is 20.7 Å². The van der Waals surface area contributed by atoms with Crippen LogP contribution in [0.2, 0.25) is 0 Å². The molecule has 1 aromatic heterocycles. The number of anilines is 1. The van der Waals surface area contributed by atoms with E-state index >= 15 is 0 Å². The highest BCUT2D eigenvalue weighted by atomic mass is 32.1. The van der Waals surface area contributed by atoms with Crippen LogP contribution >= 0.6 is 11.3 Å². The molecule has 7 heteroatoms. The van der Waals surface area contributed by atoms with Gasteiger partial charge in [-0.15, -0.1) is 11.3 Å². The first-order chi connectivity index (χ1) is 14.0. The Morgan fingerprint density at radius 3 is 2.45 bits per heavy atom. The van der Waals surface area contributed by atoms with Gasteiger partial charge in [-0.2, -0.15) is 0 Å². The maximum absolute atomic E-state index is 12.5. The summed E-state index contributed by atoms with van der Waals surface area (Å²) in [6.07, 6.45) is 0. The van der Waals surface area contributed by atoms with Crippen molar-refractivity contribution in [2.24, 2.45) is 0 Å². The molecule has 0 spiro atoms. The Morgan fingerprint density at radius 1 is 1.00 bits per heavy atom. The van der Waals surface area contributed by atoms with E-state index in [0.717, 1.165) is 10.2 Å². The molecule has 1 amide bonds. The number of hydrogen-bond donors (Lipinski definition) is 2. The third-order valence-electron chi connectivity index (χ3n) is 4.35. The van der Waals surface area contributed by atoms with Crippen molar-refractivity contribution < 1.29 is 19.4 Å². The summed E-state index contributed by atoms with van der Waals surface area (Å²) in [5.41, 5.74) is 2.69. The minimum Gasteiger partial charge on any atom is -0.507 e. The normalized spacial score (nSPS) is 10.7. The number of rotatable bonds is 4. The van der Waals surface area contributed by atoms with E-state index in [1.165, 1.54) is 36.6 Å². The van der Waals surface area contributed by atoms with Crippen LogP contribution in [0.3, 0.4) is 0 Å². The van der Waals surface area contributed by atoms with Crippen molar-refractivity contribution in [3.8, 4) is 16.3 Å². The highest BCUT2D eigenvalue weighted by molar-refractivity contribution is 7.21. The van der Waals surface area contributed by atoms with Gasteiger partial charge in [-0.05, 0) is 54.6 Å². The Bertz CT molecular complexity index is 1180. The third-order valence-corrected chi connectivity index (χ3v) is 5.42. The van der Waals surface area contributed by atoms with Gasteiger partial charge in [0.05, 0.1) is 28.5 Å². The van der Waals surface area contributed by atoms with Crippen LogP contribution < -0.4 is 5.32 Å². The van der Waals surface area contributed by atoms with Crippen LogP contribution in [0.4, 0.5) is 5.69 Å². The monoisotopic (exact) mass is 404 g/mol. The van der Waals surface area contributed by atoms with Crippen LogP contribution in [0.5, 0.6) is 5.75 Å². The Balaban J connectivity index is 1.58. The highest BCUT2D eigenvalue weighted by Gasteiger charge is 2.14. The van der Waals surface area contributed by atoms with E-state index in [1.54, 1.807) is 24.3 Å². The van der Waals surface area contributed by atoms with Crippen molar-refractivity contribution >= 4 is 39.1 Å². The van der Waals surface area contributed by atoms with Gasteiger partial charge in [0, 0.05) is 11.3 Å². The Hall–Kier alpha value is -3.71. The number of aromatic nitrogens is 1. The summed E-state index contributed by atoms with van der Waals surface area (Å²) >= 11 is 1.47. The van der Waals surface area contributed by atoms with E-state index in [1.807, 2.05) is 24.3 Å². The maximum Gasteiger partial charge on any atom is 0.337 e. The number of para-hydroxylation sites is 1. The first kappa shape index (κ1) is 18.6. The number of carbonyl (C=O) groups is 2. The second-order valence-corrected chi connectivity index (χ2v) is 7.27. The van der Waals surface area contributed by atoms with Crippen molar-refractivity contribution in [1.82, 2.24) is 4.98 Å². The number of thiazole rings is 1. The second-order valence-electron chi connectivity index (χ2n) is 6.24. The highest BCUT2D eigenvalue weighted by Crippen LogP contribution is 2.36. The van der Waals surface area contributed by atoms with E-state index in [2.05, 4.69) is 15.0 Å². The SMILES string of the molecule is COC(=O)c1ccc(C(=O)Nc2ccc(O)c(-c3nc4ccccc4s3)c2)cc1. The van der Waals surface area contributed by atoms with Crippen molar-refractivity contribution in [2.45, 2.75) is 0 Å². The Labute approximate surface area is 170 Å². The minimum atomic E-state index is -0.462. The minimum absolute atomic E-state index is 0.0875. The van der Waals surface area contributed by atoms with Crippen LogP contribution in [0.25, 0.3) is 20.8 Å². The Kier molecular flexibility index (Phi) is 4.97. The van der Waals surface area contributed by atoms with Gasteiger partial charge in [0.2, 0.25) is 0 Å². The van der Waals surface area contributed by atoms with E-state index in [9.17, 15) is 14.7 Å². The average Bonchev–Trinajstić information content (AvgIpc) is 3.18. The fraction of sp³-hybridized carbons (Fsp3) is 0.0455. The molecule has 4 rings (SSSR count). The van der Waals surface area contributed by atoms with E-state index < -0.39 is 5.97 Å². The topological polar surface area (TPSA) is 88.5 Å². The molecule has 0 aliphatic heterocycles. The van der Waals surface area contributed by atoms with Crippen LogP contribution in [0, 0.1) is 0 Å². The molecule has 2 N–H and O–H groups in total. The predicted molar refractivity (Wildman–Crippen MR) is 112 cm³/mol. The molecule has 3 aromatic carbocycles. The molecule has 0 aliphatic rings. The van der Waals surface area contributed by atoms with Gasteiger partial charge < -0.3 is 15.2 Å². The molecule has 0 unspecified atom stereocenters. The summed E-state index contributed by atoms with van der Waals surface area (Å²) in [5.74, 6) is -0.706. The molecule has 6 nitrogen and oxygen atoms in total. The number of nitrogens with one attached hydrogen (secondary N) is 1. The van der Waals surface area contributed by atoms with Gasteiger partial charge in [-0.25, -0.2) is 9.78 Å². The maximum atomic E-state index is 12.5. The number of amides is 1. The number of ether oxygens (including phenoxy) is 1. The van der Waals surface area contributed by atoms with Crippen molar-refractivity contribution in [3.63, 3.8) is 0 Å². The summed E-state index contributed by atoms with van der Waals surface area (Å²) in [4.78, 5) is 28.6. The van der Waals surface area contributed by atoms with Gasteiger partial charge in [0.1, 0.15) is 10.8 Å². The molecular weight excluding hydrogens is 388 g/mol. The lowest BCUT2D eigenvalue weighted by Gasteiger charge is -2.08. The predicted octanol–water partition coefficient (Wildman–Crippen LogP) is 4.71. The van der Waals surface area contributed by atoms with Gasteiger partial charge in [0.15, 0.2) is 0 Å². The number of phenols is 1. The van der Waals surface area contributed by atoms with E-state index in [0.29, 0.717) is 27.4 Å². The fourth-order valence-electron chi connectivity index (χ4n) is 2.85. The number of methoxy groups -OCH3 is 1. The van der Waals surface area contributed by atoms with Crippen LogP contribution in [-0.4, -0.2) is 29.1 Å². The first-order valence-electron chi connectivity index (χ1n) is 8.74. The first-order valence-corrected chi connectivity index (χ1v) is 9.55. The molecule has 0 bridgehead atoms. The molecule has 4 aromatic rings. The lowest BCUT2D eigenvalue weighted by molar-refractivity contribution is 0.0600. The Morgan fingerprint density at radius 2 is 1.72 bits per heavy atom. The molecule has 0 saturated heterocycles. The zero-order valence-electron chi connectivity index (χ0n) is 15.4. The molecule has 1 heterocycles. The molecule has 144 valence electrons. The third kappa shape index (κ3) is 3.81. The summed E-state index contributed by atoms with van der Waals surface area (Å²) in [7, 11) is 1.30. The molecule has 0 atom stereocenters. The molecule has 0 fully saturated rings. The zero-order chi connectivity index (χ0) is 20.4. The van der Waals surface area contributed by atoms with Gasteiger partial charge in [-0.3, -0.25) is 4.79 Å². The average molecular weight is 404 g/mol. The molecular formula is C22H16N2O4S. The summed E-state index contributed by atoms with van der Waals surface area (Å²) < 4.78 is 5.67. The number of hydrogen-bond acceptors (Lipinski definition) is 6. The van der Waals surface area contributed by atoms with Crippen LogP contribution in [-0.2, 0) is 4.74 Å². The number of nitrogens with zero attached hydrogens (tertiary/aromatic N) is 1. The largest absolute Gasteiger partial charge is 0.507 e. The van der Waals surface area contributed by atoms with Crippen molar-refractivity contribution in [1.29, 1.82) is 0 Å². The molecule has 0 saturated carbocycles. The van der Waals surface area contributed by atoms with E-state index in [4.69, 9.17) is 0 Å². The number of aromatic hydroxyl groups is 1. The van der Waals surface area contributed by atoms with Crippen molar-refractivity contribution in [3.05, 3.63) is 77.9 Å². The number of benzene rings is 3. The number of phenolic OH excluding ortho intramolecular Hbond substituents is 1. The number of carbonyl (C=O) groups excluding carboxylic acids is 2. The lowest BCUT2D eigenvalue weighted by Crippen LogP contribution is -2.12. The smallest absolute Gasteiger partial charge is 0.337 e. The quantitative estimate of drug-likeness (QED) is 0.380. The standard InChI is InChI=1S/C22H16N2O4S/c1-28-22(27)14-8-6-13(7-9-14)20(26)23-15-10-11-18(25)16(12-15)21-24-17-4-2-3-5-19(17)29-21/h2-12,25H,1H3,(H,23,26).